The maximum atomic E-state index is 13.6. The second kappa shape index (κ2) is 5.23. The van der Waals surface area contributed by atoms with E-state index in [0.29, 0.717) is 16.6 Å². The fourth-order valence-electron chi connectivity index (χ4n) is 1.59. The number of benzene rings is 1. The zero-order valence-corrected chi connectivity index (χ0v) is 10.7. The number of ether oxygens (including phenoxy) is 2. The number of rotatable bonds is 3. The zero-order valence-electron chi connectivity index (χ0n) is 9.91. The standard InChI is InChI=1S/C13H11ClFNO2/c1-17-11-4-3-8(5-10(11)15)9-6-12(14)16-13(7-9)18-2/h3-7H,1-2H3. The molecule has 0 spiro atoms. The summed E-state index contributed by atoms with van der Waals surface area (Å²) in [5, 5.41) is 0.292. The molecule has 18 heavy (non-hydrogen) atoms. The van der Waals surface area contributed by atoms with Crippen LogP contribution in [0.5, 0.6) is 11.6 Å². The molecule has 0 atom stereocenters. The fourth-order valence-corrected chi connectivity index (χ4v) is 1.79. The monoisotopic (exact) mass is 267 g/mol. The summed E-state index contributed by atoms with van der Waals surface area (Å²) < 4.78 is 23.5. The Balaban J connectivity index is 2.48. The number of hydrogen-bond donors (Lipinski definition) is 0. The van der Waals surface area contributed by atoms with Crippen molar-refractivity contribution in [3.05, 3.63) is 41.3 Å². The van der Waals surface area contributed by atoms with Gasteiger partial charge >= 0.3 is 0 Å². The van der Waals surface area contributed by atoms with Gasteiger partial charge in [0, 0.05) is 6.07 Å². The quantitative estimate of drug-likeness (QED) is 0.797. The van der Waals surface area contributed by atoms with E-state index < -0.39 is 5.82 Å². The highest BCUT2D eigenvalue weighted by Gasteiger charge is 2.08. The van der Waals surface area contributed by atoms with E-state index in [9.17, 15) is 4.39 Å². The molecule has 0 N–H and O–H groups in total. The molecule has 2 aromatic rings. The van der Waals surface area contributed by atoms with Crippen molar-refractivity contribution in [3.8, 4) is 22.8 Å². The van der Waals surface area contributed by atoms with Gasteiger partial charge in [-0.25, -0.2) is 9.37 Å². The van der Waals surface area contributed by atoms with E-state index in [1.54, 1.807) is 24.3 Å². The maximum absolute atomic E-state index is 13.6. The molecular weight excluding hydrogens is 257 g/mol. The van der Waals surface area contributed by atoms with Crippen molar-refractivity contribution in [2.75, 3.05) is 14.2 Å². The van der Waals surface area contributed by atoms with E-state index >= 15 is 0 Å². The molecular formula is C13H11ClFNO2. The average molecular weight is 268 g/mol. The Kier molecular flexibility index (Phi) is 3.67. The lowest BCUT2D eigenvalue weighted by atomic mass is 10.1. The molecule has 1 aromatic carbocycles. The molecule has 2 rings (SSSR count). The molecule has 0 aliphatic rings. The molecule has 0 unspecified atom stereocenters. The Morgan fingerprint density at radius 1 is 1.06 bits per heavy atom. The van der Waals surface area contributed by atoms with E-state index in [1.165, 1.54) is 20.3 Å². The van der Waals surface area contributed by atoms with Gasteiger partial charge in [0.25, 0.3) is 0 Å². The van der Waals surface area contributed by atoms with Gasteiger partial charge in [0.05, 0.1) is 14.2 Å². The summed E-state index contributed by atoms with van der Waals surface area (Å²) in [6.07, 6.45) is 0. The molecule has 1 aromatic heterocycles. The number of methoxy groups -OCH3 is 2. The third-order valence-corrected chi connectivity index (χ3v) is 2.66. The Morgan fingerprint density at radius 3 is 2.44 bits per heavy atom. The van der Waals surface area contributed by atoms with E-state index in [0.717, 1.165) is 5.56 Å². The average Bonchev–Trinajstić information content (AvgIpc) is 2.37. The van der Waals surface area contributed by atoms with E-state index in [-0.39, 0.29) is 5.75 Å². The van der Waals surface area contributed by atoms with Crippen LogP contribution in [0.25, 0.3) is 11.1 Å². The molecule has 0 radical (unpaired) electrons. The van der Waals surface area contributed by atoms with Crippen molar-refractivity contribution in [3.63, 3.8) is 0 Å². The summed E-state index contributed by atoms with van der Waals surface area (Å²) in [5.41, 5.74) is 1.41. The molecule has 5 heteroatoms. The Morgan fingerprint density at radius 2 is 1.83 bits per heavy atom. The highest BCUT2D eigenvalue weighted by Crippen LogP contribution is 2.29. The topological polar surface area (TPSA) is 31.4 Å². The summed E-state index contributed by atoms with van der Waals surface area (Å²) in [4.78, 5) is 3.96. The summed E-state index contributed by atoms with van der Waals surface area (Å²) in [7, 11) is 2.92. The highest BCUT2D eigenvalue weighted by molar-refractivity contribution is 6.29. The lowest BCUT2D eigenvalue weighted by Gasteiger charge is -2.07. The normalized spacial score (nSPS) is 10.2. The van der Waals surface area contributed by atoms with Crippen molar-refractivity contribution in [1.29, 1.82) is 0 Å². The summed E-state index contributed by atoms with van der Waals surface area (Å²) in [6.45, 7) is 0. The first-order valence-corrected chi connectivity index (χ1v) is 5.57. The largest absolute Gasteiger partial charge is 0.494 e. The minimum atomic E-state index is -0.429. The Labute approximate surface area is 109 Å². The zero-order chi connectivity index (χ0) is 13.1. The van der Waals surface area contributed by atoms with Gasteiger partial charge in [-0.05, 0) is 29.3 Å². The summed E-state index contributed by atoms with van der Waals surface area (Å²) in [6, 6.07) is 8.01. The maximum Gasteiger partial charge on any atom is 0.214 e. The molecule has 0 aliphatic heterocycles. The van der Waals surface area contributed by atoms with Gasteiger partial charge < -0.3 is 9.47 Å². The van der Waals surface area contributed by atoms with Crippen molar-refractivity contribution >= 4 is 11.6 Å². The first kappa shape index (κ1) is 12.6. The second-order valence-electron chi connectivity index (χ2n) is 3.57. The minimum absolute atomic E-state index is 0.200. The van der Waals surface area contributed by atoms with Crippen molar-refractivity contribution < 1.29 is 13.9 Å². The van der Waals surface area contributed by atoms with Crippen LogP contribution in [0.2, 0.25) is 5.15 Å². The number of nitrogens with zero attached hydrogens (tertiary/aromatic N) is 1. The molecule has 0 saturated heterocycles. The molecule has 3 nitrogen and oxygen atoms in total. The Bertz CT molecular complexity index is 575. The van der Waals surface area contributed by atoms with Crippen molar-refractivity contribution in [2.24, 2.45) is 0 Å². The van der Waals surface area contributed by atoms with Crippen LogP contribution < -0.4 is 9.47 Å². The fraction of sp³-hybridized carbons (Fsp3) is 0.154. The van der Waals surface area contributed by atoms with Crippen LogP contribution >= 0.6 is 11.6 Å². The van der Waals surface area contributed by atoms with Gasteiger partial charge in [-0.2, -0.15) is 0 Å². The summed E-state index contributed by atoms with van der Waals surface area (Å²) >= 11 is 5.87. The van der Waals surface area contributed by atoms with E-state index in [4.69, 9.17) is 21.1 Å². The van der Waals surface area contributed by atoms with Gasteiger partial charge in [-0.15, -0.1) is 0 Å². The molecule has 0 saturated carbocycles. The van der Waals surface area contributed by atoms with Gasteiger partial charge in [-0.1, -0.05) is 17.7 Å². The van der Waals surface area contributed by atoms with Gasteiger partial charge in [0.2, 0.25) is 5.88 Å². The lowest BCUT2D eigenvalue weighted by molar-refractivity contribution is 0.386. The summed E-state index contributed by atoms with van der Waals surface area (Å²) in [5.74, 6) is 0.154. The SMILES string of the molecule is COc1cc(-c2ccc(OC)c(F)c2)cc(Cl)n1. The predicted octanol–water partition coefficient (Wildman–Crippen LogP) is 3.56. The van der Waals surface area contributed by atoms with Crippen molar-refractivity contribution in [2.45, 2.75) is 0 Å². The van der Waals surface area contributed by atoms with Crippen LogP contribution in [0.15, 0.2) is 30.3 Å². The van der Waals surface area contributed by atoms with Gasteiger partial charge in [0.1, 0.15) is 5.15 Å². The van der Waals surface area contributed by atoms with E-state index in [1.807, 2.05) is 0 Å². The second-order valence-corrected chi connectivity index (χ2v) is 3.96. The number of halogens is 2. The minimum Gasteiger partial charge on any atom is -0.494 e. The molecule has 1 heterocycles. The van der Waals surface area contributed by atoms with Crippen LogP contribution in [-0.4, -0.2) is 19.2 Å². The first-order valence-electron chi connectivity index (χ1n) is 5.19. The molecule has 0 aliphatic carbocycles. The van der Waals surface area contributed by atoms with Gasteiger partial charge in [0.15, 0.2) is 11.6 Å². The van der Waals surface area contributed by atoms with Crippen LogP contribution in [-0.2, 0) is 0 Å². The first-order chi connectivity index (χ1) is 8.63. The highest BCUT2D eigenvalue weighted by atomic mass is 35.5. The third-order valence-electron chi connectivity index (χ3n) is 2.46. The smallest absolute Gasteiger partial charge is 0.214 e. The third kappa shape index (κ3) is 2.54. The van der Waals surface area contributed by atoms with Crippen LogP contribution in [0.1, 0.15) is 0 Å². The molecule has 0 fully saturated rings. The van der Waals surface area contributed by atoms with Crippen LogP contribution in [0.3, 0.4) is 0 Å². The van der Waals surface area contributed by atoms with Crippen LogP contribution in [0.4, 0.5) is 4.39 Å². The van der Waals surface area contributed by atoms with Crippen molar-refractivity contribution in [1.82, 2.24) is 4.98 Å². The van der Waals surface area contributed by atoms with Gasteiger partial charge in [-0.3, -0.25) is 0 Å². The number of aromatic nitrogens is 1. The number of pyridine rings is 1. The molecule has 0 bridgehead atoms. The van der Waals surface area contributed by atoms with E-state index in [2.05, 4.69) is 4.98 Å². The lowest BCUT2D eigenvalue weighted by Crippen LogP contribution is -1.91. The predicted molar refractivity (Wildman–Crippen MR) is 67.7 cm³/mol. The van der Waals surface area contributed by atoms with Crippen LogP contribution in [0, 0.1) is 5.82 Å². The Hall–Kier alpha value is -1.81. The molecule has 0 amide bonds. The molecule has 94 valence electrons. The number of hydrogen-bond acceptors (Lipinski definition) is 3.